The van der Waals surface area contributed by atoms with E-state index in [1.165, 1.54) is 0 Å². The second kappa shape index (κ2) is 6.18. The van der Waals surface area contributed by atoms with Crippen LogP contribution in [0.4, 0.5) is 0 Å². The molecule has 1 amide bonds. The topological polar surface area (TPSA) is 60.9 Å². The maximum absolute atomic E-state index is 12.1. The van der Waals surface area contributed by atoms with Crippen molar-refractivity contribution in [1.29, 1.82) is 0 Å². The van der Waals surface area contributed by atoms with Gasteiger partial charge in [-0.15, -0.1) is 0 Å². The molecule has 0 aromatic heterocycles. The number of likely N-dealkylation sites (tertiary alicyclic amines) is 1. The summed E-state index contributed by atoms with van der Waals surface area (Å²) in [6.45, 7) is 10.5. The number of hydrogen-bond donors (Lipinski definition) is 1. The summed E-state index contributed by atoms with van der Waals surface area (Å²) in [6, 6.07) is -0.137. The fourth-order valence-corrected chi connectivity index (χ4v) is 2.34. The fraction of sp³-hybridized carbons (Fsp3) is 0.846. The minimum Gasteiger partial charge on any atom is -0.481 e. The van der Waals surface area contributed by atoms with Gasteiger partial charge in [-0.2, -0.15) is 0 Å². The molecular formula is C13H24N2O3. The average Bonchev–Trinajstić information content (AvgIpc) is 2.27. The lowest BCUT2D eigenvalue weighted by atomic mass is 9.86. The SMILES string of the molecule is CCN(CC)C(=O)C(C)N1CC(C(C)C(=O)O)C1. The highest BCUT2D eigenvalue weighted by Crippen LogP contribution is 2.26. The van der Waals surface area contributed by atoms with Crippen molar-refractivity contribution >= 4 is 11.9 Å². The average molecular weight is 256 g/mol. The van der Waals surface area contributed by atoms with Gasteiger partial charge < -0.3 is 10.0 Å². The molecule has 0 spiro atoms. The summed E-state index contributed by atoms with van der Waals surface area (Å²) >= 11 is 0. The zero-order valence-corrected chi connectivity index (χ0v) is 11.7. The van der Waals surface area contributed by atoms with Crippen LogP contribution in [0.5, 0.6) is 0 Å². The van der Waals surface area contributed by atoms with Crippen LogP contribution in [-0.4, -0.2) is 59.0 Å². The van der Waals surface area contributed by atoms with Crippen molar-refractivity contribution in [2.24, 2.45) is 11.8 Å². The van der Waals surface area contributed by atoms with E-state index in [0.29, 0.717) is 13.1 Å². The third-order valence-electron chi connectivity index (χ3n) is 4.01. The Morgan fingerprint density at radius 2 is 1.78 bits per heavy atom. The van der Waals surface area contributed by atoms with Crippen LogP contribution in [0.15, 0.2) is 0 Å². The first-order valence-corrected chi connectivity index (χ1v) is 6.67. The highest BCUT2D eigenvalue weighted by molar-refractivity contribution is 5.81. The van der Waals surface area contributed by atoms with Crippen LogP contribution in [-0.2, 0) is 9.59 Å². The number of carbonyl (C=O) groups excluding carboxylic acids is 1. The predicted molar refractivity (Wildman–Crippen MR) is 69.3 cm³/mol. The van der Waals surface area contributed by atoms with Gasteiger partial charge in [0.25, 0.3) is 0 Å². The number of amides is 1. The molecule has 0 aromatic rings. The second-order valence-corrected chi connectivity index (χ2v) is 5.03. The van der Waals surface area contributed by atoms with Gasteiger partial charge in [0.05, 0.1) is 12.0 Å². The van der Waals surface area contributed by atoms with Gasteiger partial charge >= 0.3 is 5.97 Å². The van der Waals surface area contributed by atoms with Gasteiger partial charge in [-0.3, -0.25) is 14.5 Å². The number of nitrogens with zero attached hydrogens (tertiary/aromatic N) is 2. The van der Waals surface area contributed by atoms with Crippen LogP contribution in [0, 0.1) is 11.8 Å². The smallest absolute Gasteiger partial charge is 0.306 e. The van der Waals surface area contributed by atoms with Gasteiger partial charge in [0.15, 0.2) is 0 Å². The zero-order valence-electron chi connectivity index (χ0n) is 11.7. The van der Waals surface area contributed by atoms with E-state index < -0.39 is 5.97 Å². The molecule has 1 saturated heterocycles. The van der Waals surface area contributed by atoms with Crippen molar-refractivity contribution in [3.8, 4) is 0 Å². The van der Waals surface area contributed by atoms with Crippen LogP contribution in [0.3, 0.4) is 0 Å². The van der Waals surface area contributed by atoms with Crippen molar-refractivity contribution in [3.63, 3.8) is 0 Å². The van der Waals surface area contributed by atoms with Gasteiger partial charge in [0.2, 0.25) is 5.91 Å². The Morgan fingerprint density at radius 3 is 2.17 bits per heavy atom. The maximum atomic E-state index is 12.1. The number of rotatable bonds is 6. The maximum Gasteiger partial charge on any atom is 0.306 e. The van der Waals surface area contributed by atoms with Gasteiger partial charge in [0, 0.05) is 26.2 Å². The van der Waals surface area contributed by atoms with Crippen molar-refractivity contribution in [1.82, 2.24) is 9.80 Å². The molecule has 1 rings (SSSR count). The van der Waals surface area contributed by atoms with Crippen molar-refractivity contribution in [2.45, 2.75) is 33.7 Å². The predicted octanol–water partition coefficient (Wildman–Crippen LogP) is 0.896. The molecule has 1 aliphatic heterocycles. The lowest BCUT2D eigenvalue weighted by Crippen LogP contribution is -2.58. The molecular weight excluding hydrogens is 232 g/mol. The van der Waals surface area contributed by atoms with E-state index in [1.807, 2.05) is 25.7 Å². The normalized spacial score (nSPS) is 20.0. The molecule has 0 aliphatic carbocycles. The third-order valence-corrected chi connectivity index (χ3v) is 4.01. The van der Waals surface area contributed by atoms with Crippen LogP contribution in [0.1, 0.15) is 27.7 Å². The van der Waals surface area contributed by atoms with Gasteiger partial charge in [-0.1, -0.05) is 6.92 Å². The Hall–Kier alpha value is -1.10. The first-order valence-electron chi connectivity index (χ1n) is 6.67. The van der Waals surface area contributed by atoms with E-state index in [1.54, 1.807) is 6.92 Å². The van der Waals surface area contributed by atoms with E-state index in [2.05, 4.69) is 4.90 Å². The summed E-state index contributed by atoms with van der Waals surface area (Å²) < 4.78 is 0. The summed E-state index contributed by atoms with van der Waals surface area (Å²) in [5.41, 5.74) is 0. The molecule has 2 atom stereocenters. The summed E-state index contributed by atoms with van der Waals surface area (Å²) in [6.07, 6.45) is 0. The van der Waals surface area contributed by atoms with Crippen molar-refractivity contribution in [2.75, 3.05) is 26.2 Å². The van der Waals surface area contributed by atoms with Crippen LogP contribution < -0.4 is 0 Å². The highest BCUT2D eigenvalue weighted by atomic mass is 16.4. The Morgan fingerprint density at radius 1 is 1.28 bits per heavy atom. The van der Waals surface area contributed by atoms with E-state index in [-0.39, 0.29) is 23.8 Å². The molecule has 104 valence electrons. The minimum atomic E-state index is -0.748. The number of carbonyl (C=O) groups is 2. The summed E-state index contributed by atoms with van der Waals surface area (Å²) in [5, 5.41) is 8.92. The van der Waals surface area contributed by atoms with Gasteiger partial charge in [-0.05, 0) is 26.7 Å². The lowest BCUT2D eigenvalue weighted by molar-refractivity contribution is -0.147. The van der Waals surface area contributed by atoms with Crippen molar-refractivity contribution in [3.05, 3.63) is 0 Å². The third kappa shape index (κ3) is 3.02. The molecule has 1 aliphatic rings. The van der Waals surface area contributed by atoms with Crippen LogP contribution >= 0.6 is 0 Å². The molecule has 5 nitrogen and oxygen atoms in total. The summed E-state index contributed by atoms with van der Waals surface area (Å²) in [7, 11) is 0. The van der Waals surface area contributed by atoms with E-state index in [0.717, 1.165) is 13.1 Å². The number of likely N-dealkylation sites (N-methyl/N-ethyl adjacent to an activating group) is 1. The van der Waals surface area contributed by atoms with Gasteiger partial charge in [0.1, 0.15) is 0 Å². The van der Waals surface area contributed by atoms with Crippen molar-refractivity contribution < 1.29 is 14.7 Å². The monoisotopic (exact) mass is 256 g/mol. The number of hydrogen-bond acceptors (Lipinski definition) is 3. The molecule has 0 radical (unpaired) electrons. The number of carboxylic acid groups (broad SMARTS) is 1. The first-order chi connectivity index (χ1) is 8.42. The van der Waals surface area contributed by atoms with E-state index >= 15 is 0 Å². The fourth-order valence-electron chi connectivity index (χ4n) is 2.34. The Balaban J connectivity index is 2.45. The molecule has 18 heavy (non-hydrogen) atoms. The molecule has 1 heterocycles. The van der Waals surface area contributed by atoms with Gasteiger partial charge in [-0.25, -0.2) is 0 Å². The molecule has 0 bridgehead atoms. The second-order valence-electron chi connectivity index (χ2n) is 5.03. The minimum absolute atomic E-state index is 0.137. The van der Waals surface area contributed by atoms with Crippen LogP contribution in [0.25, 0.3) is 0 Å². The Kier molecular flexibility index (Phi) is 5.14. The molecule has 1 fully saturated rings. The molecule has 2 unspecified atom stereocenters. The highest BCUT2D eigenvalue weighted by Gasteiger charge is 2.39. The number of aliphatic carboxylic acids is 1. The van der Waals surface area contributed by atoms with E-state index in [4.69, 9.17) is 5.11 Å². The molecule has 1 N–H and O–H groups in total. The molecule has 5 heteroatoms. The standard InChI is InChI=1S/C13H24N2O3/c1-5-14(6-2)12(16)10(4)15-7-11(8-15)9(3)13(17)18/h9-11H,5-8H2,1-4H3,(H,17,18). The molecule has 0 saturated carbocycles. The van der Waals surface area contributed by atoms with Crippen LogP contribution in [0.2, 0.25) is 0 Å². The summed E-state index contributed by atoms with van der Waals surface area (Å²) in [4.78, 5) is 26.8. The largest absolute Gasteiger partial charge is 0.481 e. The Labute approximate surface area is 109 Å². The zero-order chi connectivity index (χ0) is 13.9. The lowest BCUT2D eigenvalue weighted by Gasteiger charge is -2.45. The summed E-state index contributed by atoms with van der Waals surface area (Å²) in [5.74, 6) is -0.754. The quantitative estimate of drug-likeness (QED) is 0.767. The van der Waals surface area contributed by atoms with E-state index in [9.17, 15) is 9.59 Å². The first kappa shape index (κ1) is 15.0. The number of carboxylic acids is 1. The molecule has 0 aromatic carbocycles. The Bertz CT molecular complexity index is 309.